The molecule has 1 unspecified atom stereocenters. The minimum Gasteiger partial charge on any atom is -0.330 e. The van der Waals surface area contributed by atoms with Crippen LogP contribution in [0.1, 0.15) is 40.8 Å². The fourth-order valence-electron chi connectivity index (χ4n) is 2.77. The third-order valence-electron chi connectivity index (χ3n) is 3.82. The highest BCUT2D eigenvalue weighted by Gasteiger charge is 2.31. The Morgan fingerprint density at radius 1 is 1.41 bits per heavy atom. The number of aromatic nitrogens is 2. The summed E-state index contributed by atoms with van der Waals surface area (Å²) in [6.07, 6.45) is 3.47. The fourth-order valence-corrected chi connectivity index (χ4v) is 2.95. The van der Waals surface area contributed by atoms with E-state index in [1.807, 2.05) is 13.0 Å². The van der Waals surface area contributed by atoms with E-state index in [1.165, 1.54) is 18.2 Å². The van der Waals surface area contributed by atoms with Crippen molar-refractivity contribution in [3.63, 3.8) is 0 Å². The van der Waals surface area contributed by atoms with Gasteiger partial charge in [-0.2, -0.15) is 0 Å². The largest absolute Gasteiger partial charge is 0.330 e. The molecule has 114 valence electrons. The predicted octanol–water partition coefficient (Wildman–Crippen LogP) is 3.55. The number of benzene rings is 1. The maximum Gasteiger partial charge on any atom is 0.254 e. The molecule has 0 radical (unpaired) electrons. The molecule has 4 nitrogen and oxygen atoms in total. The van der Waals surface area contributed by atoms with Gasteiger partial charge in [-0.25, -0.2) is 14.4 Å². The summed E-state index contributed by atoms with van der Waals surface area (Å²) in [6, 6.07) is 5.82. The Labute approximate surface area is 133 Å². The maximum absolute atomic E-state index is 13.3. The van der Waals surface area contributed by atoms with Crippen molar-refractivity contribution in [3.8, 4) is 0 Å². The van der Waals surface area contributed by atoms with Gasteiger partial charge < -0.3 is 4.90 Å². The number of hydrogen-bond donors (Lipinski definition) is 0. The molecule has 1 aliphatic rings. The Kier molecular flexibility index (Phi) is 4.07. The summed E-state index contributed by atoms with van der Waals surface area (Å²) < 4.78 is 13.3. The van der Waals surface area contributed by atoms with Crippen LogP contribution in [0.15, 0.2) is 30.5 Å². The van der Waals surface area contributed by atoms with Gasteiger partial charge in [0.2, 0.25) is 0 Å². The average molecular weight is 320 g/mol. The molecule has 1 amide bonds. The molecule has 22 heavy (non-hydrogen) atoms. The summed E-state index contributed by atoms with van der Waals surface area (Å²) in [6.45, 7) is 2.48. The first kappa shape index (κ1) is 14.9. The molecular formula is C16H15ClFN3O. The molecule has 1 saturated heterocycles. The Bertz CT molecular complexity index is 722. The Morgan fingerprint density at radius 2 is 2.23 bits per heavy atom. The van der Waals surface area contributed by atoms with Crippen LogP contribution >= 0.6 is 11.6 Å². The number of carbonyl (C=O) groups is 1. The second-order valence-electron chi connectivity index (χ2n) is 5.31. The molecule has 0 aliphatic carbocycles. The highest BCUT2D eigenvalue weighted by molar-refractivity contribution is 6.31. The minimum atomic E-state index is -0.525. The van der Waals surface area contributed by atoms with Crippen LogP contribution in [-0.2, 0) is 0 Å². The summed E-state index contributed by atoms with van der Waals surface area (Å²) in [7, 11) is 0. The molecule has 3 rings (SSSR count). The molecule has 1 atom stereocenters. The summed E-state index contributed by atoms with van der Waals surface area (Å²) >= 11 is 5.77. The van der Waals surface area contributed by atoms with E-state index in [-0.39, 0.29) is 17.0 Å². The van der Waals surface area contributed by atoms with Crippen LogP contribution in [0.3, 0.4) is 0 Å². The lowest BCUT2D eigenvalue weighted by molar-refractivity contribution is 0.0732. The molecule has 1 aromatic carbocycles. The van der Waals surface area contributed by atoms with Gasteiger partial charge in [0.25, 0.3) is 5.91 Å². The predicted molar refractivity (Wildman–Crippen MR) is 81.2 cm³/mol. The van der Waals surface area contributed by atoms with Gasteiger partial charge in [0.1, 0.15) is 11.6 Å². The molecule has 2 aromatic rings. The van der Waals surface area contributed by atoms with Crippen LogP contribution in [0.5, 0.6) is 0 Å². The number of likely N-dealkylation sites (tertiary alicyclic amines) is 1. The number of amides is 1. The van der Waals surface area contributed by atoms with E-state index in [1.54, 1.807) is 11.1 Å². The van der Waals surface area contributed by atoms with Crippen LogP contribution in [0.2, 0.25) is 5.02 Å². The van der Waals surface area contributed by atoms with Crippen LogP contribution in [0.25, 0.3) is 0 Å². The van der Waals surface area contributed by atoms with Crippen LogP contribution < -0.4 is 0 Å². The molecule has 6 heteroatoms. The first-order valence-corrected chi connectivity index (χ1v) is 7.49. The standard InChI is InChI=1S/C16H15ClFN3O/c1-10-19-7-6-14(20-10)15-3-2-8-21(15)16(22)11-4-5-13(18)12(17)9-11/h4-7,9,15H,2-3,8H2,1H3. The zero-order valence-electron chi connectivity index (χ0n) is 12.1. The molecule has 1 aromatic heterocycles. The van der Waals surface area contributed by atoms with Crippen molar-refractivity contribution < 1.29 is 9.18 Å². The molecule has 0 N–H and O–H groups in total. The van der Waals surface area contributed by atoms with Gasteiger partial charge in [-0.05, 0) is 44.0 Å². The van der Waals surface area contributed by atoms with E-state index < -0.39 is 5.82 Å². The Morgan fingerprint density at radius 3 is 2.95 bits per heavy atom. The van der Waals surface area contributed by atoms with E-state index in [4.69, 9.17) is 11.6 Å². The van der Waals surface area contributed by atoms with Gasteiger partial charge in [-0.15, -0.1) is 0 Å². The third kappa shape index (κ3) is 2.81. The topological polar surface area (TPSA) is 46.1 Å². The van der Waals surface area contributed by atoms with Gasteiger partial charge in [-0.3, -0.25) is 4.79 Å². The highest BCUT2D eigenvalue weighted by atomic mass is 35.5. The lowest BCUT2D eigenvalue weighted by Gasteiger charge is -2.24. The number of halogens is 2. The Hall–Kier alpha value is -2.01. The lowest BCUT2D eigenvalue weighted by Crippen LogP contribution is -2.31. The molecule has 0 saturated carbocycles. The minimum absolute atomic E-state index is 0.0422. The van der Waals surface area contributed by atoms with Crippen molar-refractivity contribution in [2.45, 2.75) is 25.8 Å². The van der Waals surface area contributed by atoms with Crippen molar-refractivity contribution in [3.05, 3.63) is 58.4 Å². The zero-order chi connectivity index (χ0) is 15.7. The fraction of sp³-hybridized carbons (Fsp3) is 0.312. The van der Waals surface area contributed by atoms with Gasteiger partial charge in [0, 0.05) is 18.3 Å². The number of rotatable bonds is 2. The molecule has 0 bridgehead atoms. The maximum atomic E-state index is 13.3. The molecule has 1 aliphatic heterocycles. The van der Waals surface area contributed by atoms with Crippen LogP contribution in [-0.4, -0.2) is 27.3 Å². The smallest absolute Gasteiger partial charge is 0.254 e. The molecule has 1 fully saturated rings. The van der Waals surface area contributed by atoms with E-state index in [0.717, 1.165) is 18.5 Å². The van der Waals surface area contributed by atoms with Gasteiger partial charge >= 0.3 is 0 Å². The number of carbonyl (C=O) groups excluding carboxylic acids is 1. The summed E-state index contributed by atoms with van der Waals surface area (Å²) in [5.41, 5.74) is 1.23. The highest BCUT2D eigenvalue weighted by Crippen LogP contribution is 2.32. The van der Waals surface area contributed by atoms with Crippen molar-refractivity contribution in [1.82, 2.24) is 14.9 Å². The Balaban J connectivity index is 1.89. The number of nitrogens with zero attached hydrogens (tertiary/aromatic N) is 3. The SMILES string of the molecule is Cc1nccc(C2CCCN2C(=O)c2ccc(F)c(Cl)c2)n1. The van der Waals surface area contributed by atoms with Gasteiger partial charge in [0.15, 0.2) is 0 Å². The summed E-state index contributed by atoms with van der Waals surface area (Å²) in [5.74, 6) is 0.00454. The molecule has 2 heterocycles. The zero-order valence-corrected chi connectivity index (χ0v) is 12.8. The number of aryl methyl sites for hydroxylation is 1. The summed E-state index contributed by atoms with van der Waals surface area (Å²) in [5, 5.41) is -0.0422. The lowest BCUT2D eigenvalue weighted by atomic mass is 10.1. The van der Waals surface area contributed by atoms with Crippen molar-refractivity contribution in [2.24, 2.45) is 0 Å². The van der Waals surface area contributed by atoms with Crippen LogP contribution in [0, 0.1) is 12.7 Å². The summed E-state index contributed by atoms with van der Waals surface area (Å²) in [4.78, 5) is 23.0. The average Bonchev–Trinajstić information content (AvgIpc) is 2.99. The van der Waals surface area contributed by atoms with Gasteiger partial charge in [0.05, 0.1) is 16.8 Å². The van der Waals surface area contributed by atoms with E-state index in [0.29, 0.717) is 17.9 Å². The first-order chi connectivity index (χ1) is 10.6. The second-order valence-corrected chi connectivity index (χ2v) is 5.72. The van der Waals surface area contributed by atoms with E-state index in [9.17, 15) is 9.18 Å². The monoisotopic (exact) mass is 319 g/mol. The first-order valence-electron chi connectivity index (χ1n) is 7.12. The van der Waals surface area contributed by atoms with E-state index >= 15 is 0 Å². The normalized spacial score (nSPS) is 17.8. The molecular weight excluding hydrogens is 305 g/mol. The van der Waals surface area contributed by atoms with Crippen molar-refractivity contribution in [1.29, 1.82) is 0 Å². The number of hydrogen-bond acceptors (Lipinski definition) is 3. The third-order valence-corrected chi connectivity index (χ3v) is 4.11. The van der Waals surface area contributed by atoms with E-state index in [2.05, 4.69) is 9.97 Å². The molecule has 0 spiro atoms. The second kappa shape index (κ2) is 6.01. The van der Waals surface area contributed by atoms with Crippen LogP contribution in [0.4, 0.5) is 4.39 Å². The quantitative estimate of drug-likeness (QED) is 0.850. The van der Waals surface area contributed by atoms with Gasteiger partial charge in [-0.1, -0.05) is 11.6 Å². The van der Waals surface area contributed by atoms with Crippen molar-refractivity contribution in [2.75, 3.05) is 6.54 Å². The van der Waals surface area contributed by atoms with Crippen molar-refractivity contribution >= 4 is 17.5 Å².